The van der Waals surface area contributed by atoms with Gasteiger partial charge in [-0.1, -0.05) is 19.1 Å². The molecule has 0 saturated heterocycles. The van der Waals surface area contributed by atoms with Crippen molar-refractivity contribution < 1.29 is 14.7 Å². The van der Waals surface area contributed by atoms with Crippen LogP contribution in [0.3, 0.4) is 0 Å². The number of aryl methyl sites for hydroxylation is 2. The first-order valence-electron chi connectivity index (χ1n) is 9.09. The van der Waals surface area contributed by atoms with Crippen LogP contribution in [0.15, 0.2) is 24.3 Å². The molecule has 0 spiro atoms. The van der Waals surface area contributed by atoms with E-state index in [2.05, 4.69) is 10.4 Å². The topological polar surface area (TPSA) is 96.6 Å². The van der Waals surface area contributed by atoms with Gasteiger partial charge in [-0.2, -0.15) is 5.10 Å². The lowest BCUT2D eigenvalue weighted by Crippen LogP contribution is -2.29. The number of carbonyl (C=O) groups is 2. The number of carbonyl (C=O) groups excluding carboxylic acids is 1. The number of fused-ring (bicyclic) bond motifs is 3. The summed E-state index contributed by atoms with van der Waals surface area (Å²) in [5.41, 5.74) is 4.63. The third kappa shape index (κ3) is 4.07. The Balaban J connectivity index is 1.72. The SMILES string of the molecule is Cc1nc2c3ccccc3nn2c(C)c1CCC(=O)NCC(C)CC(=O)O. The number of carboxylic acids is 1. The number of aliphatic carboxylic acids is 1. The molecular weight excluding hydrogens is 344 g/mol. The van der Waals surface area contributed by atoms with Crippen LogP contribution in [0.5, 0.6) is 0 Å². The van der Waals surface area contributed by atoms with Gasteiger partial charge in [0, 0.05) is 36.2 Å². The fourth-order valence-electron chi connectivity index (χ4n) is 3.32. The van der Waals surface area contributed by atoms with Crippen LogP contribution in [-0.4, -0.2) is 38.1 Å². The molecule has 2 aromatic heterocycles. The Morgan fingerprint density at radius 2 is 2.00 bits per heavy atom. The van der Waals surface area contributed by atoms with Crippen molar-refractivity contribution in [2.24, 2.45) is 5.92 Å². The van der Waals surface area contributed by atoms with E-state index in [0.29, 0.717) is 19.4 Å². The van der Waals surface area contributed by atoms with Crippen molar-refractivity contribution in [3.05, 3.63) is 41.2 Å². The van der Waals surface area contributed by atoms with E-state index in [9.17, 15) is 9.59 Å². The van der Waals surface area contributed by atoms with E-state index >= 15 is 0 Å². The third-order valence-corrected chi connectivity index (χ3v) is 4.79. The first kappa shape index (κ1) is 18.8. The monoisotopic (exact) mass is 368 g/mol. The first-order chi connectivity index (χ1) is 12.9. The zero-order chi connectivity index (χ0) is 19.6. The predicted molar refractivity (Wildman–Crippen MR) is 103 cm³/mol. The number of hydrogen-bond donors (Lipinski definition) is 2. The average Bonchev–Trinajstić information content (AvgIpc) is 2.98. The highest BCUT2D eigenvalue weighted by atomic mass is 16.4. The normalized spacial score (nSPS) is 12.4. The largest absolute Gasteiger partial charge is 0.481 e. The maximum Gasteiger partial charge on any atom is 0.303 e. The number of hydrogen-bond acceptors (Lipinski definition) is 4. The number of carboxylic acid groups (broad SMARTS) is 1. The molecular formula is C20H24N4O3. The van der Waals surface area contributed by atoms with Gasteiger partial charge in [-0.15, -0.1) is 0 Å². The Hall–Kier alpha value is -2.96. The van der Waals surface area contributed by atoms with Gasteiger partial charge in [0.2, 0.25) is 5.91 Å². The van der Waals surface area contributed by atoms with Gasteiger partial charge in [0.1, 0.15) is 0 Å². The van der Waals surface area contributed by atoms with Crippen molar-refractivity contribution in [1.82, 2.24) is 19.9 Å². The molecule has 0 saturated carbocycles. The van der Waals surface area contributed by atoms with Gasteiger partial charge in [0.05, 0.1) is 5.52 Å². The van der Waals surface area contributed by atoms with Gasteiger partial charge in [0.25, 0.3) is 0 Å². The summed E-state index contributed by atoms with van der Waals surface area (Å²) in [5.74, 6) is -1.03. The lowest BCUT2D eigenvalue weighted by molar-refractivity contribution is -0.138. The molecule has 3 aromatic rings. The van der Waals surface area contributed by atoms with E-state index < -0.39 is 5.97 Å². The summed E-state index contributed by atoms with van der Waals surface area (Å²) in [6.45, 7) is 6.13. The molecule has 27 heavy (non-hydrogen) atoms. The minimum atomic E-state index is -0.853. The second-order valence-corrected chi connectivity index (χ2v) is 7.02. The predicted octanol–water partition coefficient (Wildman–Crippen LogP) is 2.66. The van der Waals surface area contributed by atoms with Crippen LogP contribution in [0.2, 0.25) is 0 Å². The van der Waals surface area contributed by atoms with Crippen molar-refractivity contribution in [3.63, 3.8) is 0 Å². The van der Waals surface area contributed by atoms with Crippen LogP contribution >= 0.6 is 0 Å². The van der Waals surface area contributed by atoms with Gasteiger partial charge in [0.15, 0.2) is 5.65 Å². The van der Waals surface area contributed by atoms with Crippen LogP contribution < -0.4 is 5.32 Å². The van der Waals surface area contributed by atoms with E-state index in [1.54, 1.807) is 0 Å². The summed E-state index contributed by atoms with van der Waals surface area (Å²) >= 11 is 0. The molecule has 3 rings (SSSR count). The van der Waals surface area contributed by atoms with Crippen LogP contribution in [0, 0.1) is 19.8 Å². The number of nitrogens with one attached hydrogen (secondary N) is 1. The summed E-state index contributed by atoms with van der Waals surface area (Å²) in [5, 5.41) is 17.2. The number of benzene rings is 1. The molecule has 2 N–H and O–H groups in total. The molecule has 0 aliphatic rings. The van der Waals surface area contributed by atoms with Crippen molar-refractivity contribution in [1.29, 1.82) is 0 Å². The van der Waals surface area contributed by atoms with Crippen molar-refractivity contribution in [2.45, 2.75) is 40.0 Å². The zero-order valence-electron chi connectivity index (χ0n) is 15.8. The standard InChI is InChI=1S/C20H24N4O3/c1-12(10-19(26)27)11-21-18(25)9-8-15-13(2)22-20-16-6-4-5-7-17(16)23-24(20)14(15)3/h4-7,12H,8-11H2,1-3H3,(H,21,25)(H,26,27). The lowest BCUT2D eigenvalue weighted by Gasteiger charge is -2.13. The Labute approximate surface area is 157 Å². The van der Waals surface area contributed by atoms with E-state index in [1.165, 1.54) is 0 Å². The van der Waals surface area contributed by atoms with Gasteiger partial charge in [-0.3, -0.25) is 9.59 Å². The summed E-state index contributed by atoms with van der Waals surface area (Å²) in [6, 6.07) is 7.90. The van der Waals surface area contributed by atoms with Crippen LogP contribution in [0.1, 0.15) is 36.7 Å². The highest BCUT2D eigenvalue weighted by Gasteiger charge is 2.15. The second-order valence-electron chi connectivity index (χ2n) is 7.02. The molecule has 142 valence electrons. The van der Waals surface area contributed by atoms with E-state index in [-0.39, 0.29) is 18.2 Å². The first-order valence-corrected chi connectivity index (χ1v) is 9.09. The molecule has 1 atom stereocenters. The third-order valence-electron chi connectivity index (χ3n) is 4.79. The summed E-state index contributed by atoms with van der Waals surface area (Å²) < 4.78 is 1.85. The molecule has 0 fully saturated rings. The minimum absolute atomic E-state index is 0.0476. The van der Waals surface area contributed by atoms with Crippen LogP contribution in [0.4, 0.5) is 0 Å². The number of amides is 1. The van der Waals surface area contributed by atoms with E-state index in [4.69, 9.17) is 10.1 Å². The Kier molecular flexibility index (Phi) is 5.39. The molecule has 7 heteroatoms. The molecule has 1 amide bonds. The fraction of sp³-hybridized carbons (Fsp3) is 0.400. The average molecular weight is 368 g/mol. The number of aromatic nitrogens is 3. The highest BCUT2D eigenvalue weighted by molar-refractivity contribution is 5.92. The van der Waals surface area contributed by atoms with Crippen molar-refractivity contribution in [2.75, 3.05) is 6.54 Å². The maximum atomic E-state index is 12.1. The molecule has 1 unspecified atom stereocenters. The van der Waals surface area contributed by atoms with E-state index in [1.807, 2.05) is 49.6 Å². The van der Waals surface area contributed by atoms with Crippen molar-refractivity contribution in [3.8, 4) is 0 Å². The van der Waals surface area contributed by atoms with Gasteiger partial charge in [-0.05, 0) is 43.9 Å². The molecule has 1 aromatic carbocycles. The zero-order valence-corrected chi connectivity index (χ0v) is 15.8. The van der Waals surface area contributed by atoms with Gasteiger partial charge in [-0.25, -0.2) is 9.50 Å². The lowest BCUT2D eigenvalue weighted by atomic mass is 10.1. The number of nitrogens with zero attached hydrogens (tertiary/aromatic N) is 3. The van der Waals surface area contributed by atoms with Gasteiger partial charge >= 0.3 is 5.97 Å². The second kappa shape index (κ2) is 7.73. The van der Waals surface area contributed by atoms with Gasteiger partial charge < -0.3 is 10.4 Å². The Bertz CT molecular complexity index is 1010. The van der Waals surface area contributed by atoms with Crippen molar-refractivity contribution >= 4 is 28.4 Å². The summed E-state index contributed by atoms with van der Waals surface area (Å²) in [7, 11) is 0. The quantitative estimate of drug-likeness (QED) is 0.668. The minimum Gasteiger partial charge on any atom is -0.481 e. The smallest absolute Gasteiger partial charge is 0.303 e. The molecule has 0 aliphatic heterocycles. The molecule has 0 radical (unpaired) electrons. The summed E-state index contributed by atoms with van der Waals surface area (Å²) in [6.07, 6.45) is 0.942. The molecule has 0 aliphatic carbocycles. The number of rotatable bonds is 7. The molecule has 0 bridgehead atoms. The summed E-state index contributed by atoms with van der Waals surface area (Å²) in [4.78, 5) is 27.5. The maximum absolute atomic E-state index is 12.1. The highest BCUT2D eigenvalue weighted by Crippen LogP contribution is 2.22. The van der Waals surface area contributed by atoms with Crippen LogP contribution in [-0.2, 0) is 16.0 Å². The molecule has 7 nitrogen and oxygen atoms in total. The molecule has 2 heterocycles. The fourth-order valence-corrected chi connectivity index (χ4v) is 3.32. The Morgan fingerprint density at radius 3 is 2.74 bits per heavy atom. The van der Waals surface area contributed by atoms with Crippen LogP contribution in [0.25, 0.3) is 16.6 Å². The Morgan fingerprint density at radius 1 is 1.26 bits per heavy atom. The van der Waals surface area contributed by atoms with E-state index in [0.717, 1.165) is 33.5 Å².